The predicted octanol–water partition coefficient (Wildman–Crippen LogP) is 2.63. The number of rotatable bonds is 3. The molecular weight excluding hydrogens is 236 g/mol. The van der Waals surface area contributed by atoms with Crippen molar-refractivity contribution < 1.29 is 0 Å². The quantitative estimate of drug-likeness (QED) is 0.917. The fourth-order valence-electron chi connectivity index (χ4n) is 2.10. The minimum Gasteiger partial charge on any atom is -0.329 e. The molecule has 4 nitrogen and oxygen atoms in total. The molecule has 0 amide bonds. The highest BCUT2D eigenvalue weighted by Crippen LogP contribution is 2.28. The molecule has 0 unspecified atom stereocenters. The van der Waals surface area contributed by atoms with Gasteiger partial charge in [0.2, 0.25) is 0 Å². The first-order valence-electron chi connectivity index (χ1n) is 6.37. The lowest BCUT2D eigenvalue weighted by Gasteiger charge is -2.22. The van der Waals surface area contributed by atoms with E-state index in [0.717, 1.165) is 11.5 Å². The Balaban J connectivity index is 2.44. The van der Waals surface area contributed by atoms with Gasteiger partial charge in [0.1, 0.15) is 11.6 Å². The van der Waals surface area contributed by atoms with Crippen molar-refractivity contribution in [1.29, 1.82) is 0 Å². The SMILES string of the molecule is Cc1ccc(N(C)c2ccnc(CN)n2)c(C)c1C. The van der Waals surface area contributed by atoms with Crippen LogP contribution in [0.3, 0.4) is 0 Å². The summed E-state index contributed by atoms with van der Waals surface area (Å²) < 4.78 is 0. The number of nitrogens with two attached hydrogens (primary N) is 1. The van der Waals surface area contributed by atoms with E-state index in [0.29, 0.717) is 12.4 Å². The molecular formula is C15H20N4. The van der Waals surface area contributed by atoms with Gasteiger partial charge in [-0.3, -0.25) is 0 Å². The molecule has 2 aromatic rings. The van der Waals surface area contributed by atoms with E-state index in [1.165, 1.54) is 16.7 Å². The standard InChI is InChI=1S/C15H20N4/c1-10-5-6-13(12(3)11(10)2)19(4)15-7-8-17-14(9-16)18-15/h5-8H,9,16H2,1-4H3. The minimum atomic E-state index is 0.355. The minimum absolute atomic E-state index is 0.355. The van der Waals surface area contributed by atoms with Crippen LogP contribution in [0.1, 0.15) is 22.5 Å². The molecule has 4 heteroatoms. The second-order valence-electron chi connectivity index (χ2n) is 4.75. The van der Waals surface area contributed by atoms with Gasteiger partial charge >= 0.3 is 0 Å². The van der Waals surface area contributed by atoms with Gasteiger partial charge in [0, 0.05) is 18.9 Å². The van der Waals surface area contributed by atoms with Crippen LogP contribution < -0.4 is 10.6 Å². The third-order valence-corrected chi connectivity index (χ3v) is 3.61. The molecule has 19 heavy (non-hydrogen) atoms. The summed E-state index contributed by atoms with van der Waals surface area (Å²) in [5, 5.41) is 0. The predicted molar refractivity (Wildman–Crippen MR) is 78.6 cm³/mol. The molecule has 1 aromatic heterocycles. The van der Waals surface area contributed by atoms with Crippen LogP contribution in [-0.2, 0) is 6.54 Å². The Morgan fingerprint density at radius 2 is 1.84 bits per heavy atom. The van der Waals surface area contributed by atoms with Crippen molar-refractivity contribution in [3.05, 3.63) is 46.9 Å². The highest BCUT2D eigenvalue weighted by atomic mass is 15.2. The van der Waals surface area contributed by atoms with Gasteiger partial charge in [-0.05, 0) is 49.6 Å². The maximum Gasteiger partial charge on any atom is 0.144 e. The van der Waals surface area contributed by atoms with E-state index in [-0.39, 0.29) is 0 Å². The Hall–Kier alpha value is -1.94. The van der Waals surface area contributed by atoms with E-state index < -0.39 is 0 Å². The molecule has 0 aliphatic carbocycles. The zero-order valence-electron chi connectivity index (χ0n) is 11.9. The largest absolute Gasteiger partial charge is 0.329 e. The van der Waals surface area contributed by atoms with Crippen LogP contribution in [0.15, 0.2) is 24.4 Å². The Morgan fingerprint density at radius 1 is 1.11 bits per heavy atom. The summed E-state index contributed by atoms with van der Waals surface area (Å²) >= 11 is 0. The van der Waals surface area contributed by atoms with E-state index in [2.05, 4.69) is 47.8 Å². The van der Waals surface area contributed by atoms with Gasteiger partial charge in [0.25, 0.3) is 0 Å². The van der Waals surface area contributed by atoms with Gasteiger partial charge in [0.15, 0.2) is 0 Å². The fraction of sp³-hybridized carbons (Fsp3) is 0.333. The molecule has 1 aromatic carbocycles. The summed E-state index contributed by atoms with van der Waals surface area (Å²) in [5.41, 5.74) is 10.6. The number of hydrogen-bond acceptors (Lipinski definition) is 4. The lowest BCUT2D eigenvalue weighted by molar-refractivity contribution is 0.898. The number of aryl methyl sites for hydroxylation is 1. The fourth-order valence-corrected chi connectivity index (χ4v) is 2.10. The molecule has 1 heterocycles. The van der Waals surface area contributed by atoms with Gasteiger partial charge in [-0.25, -0.2) is 9.97 Å². The third-order valence-electron chi connectivity index (χ3n) is 3.61. The molecule has 0 saturated heterocycles. The maximum absolute atomic E-state index is 5.59. The van der Waals surface area contributed by atoms with Crippen molar-refractivity contribution >= 4 is 11.5 Å². The van der Waals surface area contributed by atoms with Crippen molar-refractivity contribution in [2.75, 3.05) is 11.9 Å². The normalized spacial score (nSPS) is 10.6. The van der Waals surface area contributed by atoms with Crippen molar-refractivity contribution in [3.63, 3.8) is 0 Å². The van der Waals surface area contributed by atoms with Crippen LogP contribution in [0, 0.1) is 20.8 Å². The van der Waals surface area contributed by atoms with Crippen molar-refractivity contribution in [2.45, 2.75) is 27.3 Å². The zero-order chi connectivity index (χ0) is 14.0. The smallest absolute Gasteiger partial charge is 0.144 e. The Kier molecular flexibility index (Phi) is 3.81. The Morgan fingerprint density at radius 3 is 2.53 bits per heavy atom. The lowest BCUT2D eigenvalue weighted by Crippen LogP contribution is -2.15. The number of hydrogen-bond donors (Lipinski definition) is 1. The Bertz CT molecular complexity index is 593. The lowest BCUT2D eigenvalue weighted by atomic mass is 10.0. The van der Waals surface area contributed by atoms with Crippen LogP contribution >= 0.6 is 0 Å². The highest BCUT2D eigenvalue weighted by Gasteiger charge is 2.11. The molecule has 2 N–H and O–H groups in total. The molecule has 0 saturated carbocycles. The highest BCUT2D eigenvalue weighted by molar-refractivity contribution is 5.65. The summed E-state index contributed by atoms with van der Waals surface area (Å²) in [4.78, 5) is 10.6. The summed E-state index contributed by atoms with van der Waals surface area (Å²) in [7, 11) is 2.01. The second-order valence-corrected chi connectivity index (χ2v) is 4.75. The van der Waals surface area contributed by atoms with Gasteiger partial charge in [-0.15, -0.1) is 0 Å². The summed E-state index contributed by atoms with van der Waals surface area (Å²) in [6.45, 7) is 6.77. The van der Waals surface area contributed by atoms with Gasteiger partial charge < -0.3 is 10.6 Å². The van der Waals surface area contributed by atoms with Gasteiger partial charge in [0.05, 0.1) is 6.54 Å². The number of anilines is 2. The average Bonchev–Trinajstić information content (AvgIpc) is 2.44. The van der Waals surface area contributed by atoms with Crippen molar-refractivity contribution in [2.24, 2.45) is 5.73 Å². The van der Waals surface area contributed by atoms with Crippen molar-refractivity contribution in [1.82, 2.24) is 9.97 Å². The summed E-state index contributed by atoms with van der Waals surface area (Å²) in [6.07, 6.45) is 1.75. The number of benzene rings is 1. The first kappa shape index (κ1) is 13.5. The van der Waals surface area contributed by atoms with E-state index in [9.17, 15) is 0 Å². The maximum atomic E-state index is 5.59. The first-order valence-corrected chi connectivity index (χ1v) is 6.37. The molecule has 100 valence electrons. The molecule has 0 radical (unpaired) electrons. The van der Waals surface area contributed by atoms with Crippen molar-refractivity contribution in [3.8, 4) is 0 Å². The van der Waals surface area contributed by atoms with E-state index in [1.54, 1.807) is 6.20 Å². The number of aromatic nitrogens is 2. The summed E-state index contributed by atoms with van der Waals surface area (Å²) in [6, 6.07) is 6.16. The zero-order valence-corrected chi connectivity index (χ0v) is 11.9. The second kappa shape index (κ2) is 5.36. The van der Waals surface area contributed by atoms with E-state index in [1.807, 2.05) is 13.1 Å². The topological polar surface area (TPSA) is 55.0 Å². The van der Waals surface area contributed by atoms with Crippen LogP contribution in [0.25, 0.3) is 0 Å². The molecule has 0 fully saturated rings. The van der Waals surface area contributed by atoms with E-state index >= 15 is 0 Å². The van der Waals surface area contributed by atoms with Crippen LogP contribution in [0.2, 0.25) is 0 Å². The molecule has 0 atom stereocenters. The third kappa shape index (κ3) is 2.58. The van der Waals surface area contributed by atoms with Crippen LogP contribution in [0.5, 0.6) is 0 Å². The average molecular weight is 256 g/mol. The molecule has 0 aliphatic rings. The summed E-state index contributed by atoms with van der Waals surface area (Å²) in [5.74, 6) is 1.52. The Labute approximate surface area is 114 Å². The molecule has 2 rings (SSSR count). The molecule has 0 bridgehead atoms. The first-order chi connectivity index (χ1) is 9.04. The number of nitrogens with zero attached hydrogens (tertiary/aromatic N) is 3. The molecule has 0 aliphatic heterocycles. The van der Waals surface area contributed by atoms with Crippen LogP contribution in [-0.4, -0.2) is 17.0 Å². The van der Waals surface area contributed by atoms with Gasteiger partial charge in [-0.2, -0.15) is 0 Å². The monoisotopic (exact) mass is 256 g/mol. The van der Waals surface area contributed by atoms with Gasteiger partial charge in [-0.1, -0.05) is 6.07 Å². The van der Waals surface area contributed by atoms with Crippen LogP contribution in [0.4, 0.5) is 11.5 Å². The molecule has 0 spiro atoms. The van der Waals surface area contributed by atoms with E-state index in [4.69, 9.17) is 5.73 Å².